The third-order valence-electron chi connectivity index (χ3n) is 3.81. The number of nitrogens with one attached hydrogen (secondary N) is 1. The Kier molecular flexibility index (Phi) is 6.80. The summed E-state index contributed by atoms with van der Waals surface area (Å²) in [4.78, 5) is 15.3. The first kappa shape index (κ1) is 19.2. The minimum absolute atomic E-state index is 0.0722. The molecule has 0 bridgehead atoms. The van der Waals surface area contributed by atoms with Crippen LogP contribution in [-0.4, -0.2) is 68.1 Å². The summed E-state index contributed by atoms with van der Waals surface area (Å²) in [5.74, 6) is 0.938. The van der Waals surface area contributed by atoms with Crippen LogP contribution in [0.25, 0.3) is 0 Å². The highest BCUT2D eigenvalue weighted by molar-refractivity contribution is 7.92. The number of carbonyl (C=O) groups is 1. The van der Waals surface area contributed by atoms with Gasteiger partial charge in [0.25, 0.3) is 0 Å². The van der Waals surface area contributed by atoms with Crippen LogP contribution < -0.4 is 9.62 Å². The van der Waals surface area contributed by atoms with Gasteiger partial charge in [0.1, 0.15) is 0 Å². The van der Waals surface area contributed by atoms with Crippen molar-refractivity contribution in [2.24, 2.45) is 0 Å². The van der Waals surface area contributed by atoms with Crippen LogP contribution in [0.15, 0.2) is 12.1 Å². The molecule has 0 radical (unpaired) electrons. The average molecular weight is 371 g/mol. The molecule has 0 unspecified atom stereocenters. The monoisotopic (exact) mass is 371 g/mol. The van der Waals surface area contributed by atoms with E-state index in [0.717, 1.165) is 6.42 Å². The van der Waals surface area contributed by atoms with Crippen LogP contribution in [-0.2, 0) is 14.8 Å². The van der Waals surface area contributed by atoms with Crippen LogP contribution in [0.4, 0.5) is 16.4 Å². The number of sulfonamides is 1. The van der Waals surface area contributed by atoms with Crippen LogP contribution in [0.2, 0.25) is 0 Å². The lowest BCUT2D eigenvalue weighted by Crippen LogP contribution is -2.49. The number of carbonyl (C=O) groups excluding carboxylic acids is 1. The topological polar surface area (TPSA) is 105 Å². The van der Waals surface area contributed by atoms with Crippen molar-refractivity contribution < 1.29 is 17.9 Å². The summed E-state index contributed by atoms with van der Waals surface area (Å²) in [6.45, 7) is 6.41. The highest BCUT2D eigenvalue weighted by atomic mass is 32.2. The van der Waals surface area contributed by atoms with E-state index in [1.165, 1.54) is 0 Å². The maximum Gasteiger partial charge on any atom is 0.409 e. The third kappa shape index (κ3) is 5.73. The van der Waals surface area contributed by atoms with E-state index in [0.29, 0.717) is 45.0 Å². The molecule has 1 aliphatic rings. The lowest BCUT2D eigenvalue weighted by molar-refractivity contribution is 0.105. The number of hydrogen-bond donors (Lipinski definition) is 1. The number of piperazine rings is 1. The Morgan fingerprint density at radius 3 is 2.48 bits per heavy atom. The number of unbranched alkanes of at least 4 members (excludes halogenated alkanes) is 1. The Labute approximate surface area is 148 Å². The van der Waals surface area contributed by atoms with E-state index >= 15 is 0 Å². The second-order valence-corrected chi connectivity index (χ2v) is 7.57. The van der Waals surface area contributed by atoms with Crippen molar-refractivity contribution >= 4 is 27.8 Å². The van der Waals surface area contributed by atoms with Crippen LogP contribution >= 0.6 is 0 Å². The highest BCUT2D eigenvalue weighted by Gasteiger charge is 2.23. The maximum atomic E-state index is 11.9. The second kappa shape index (κ2) is 8.84. The largest absolute Gasteiger partial charge is 0.450 e. The SMILES string of the molecule is CCCCS(=O)(=O)Nc1ccc(N2CCN(C(=O)OCC)CC2)nn1. The first-order valence-electron chi connectivity index (χ1n) is 8.46. The minimum atomic E-state index is -3.38. The summed E-state index contributed by atoms with van der Waals surface area (Å²) in [7, 11) is -3.38. The number of amides is 1. The second-order valence-electron chi connectivity index (χ2n) is 5.72. The molecule has 0 aromatic carbocycles. The van der Waals surface area contributed by atoms with Crippen LogP contribution in [0.5, 0.6) is 0 Å². The summed E-state index contributed by atoms with van der Waals surface area (Å²) in [5, 5.41) is 8.03. The molecular weight excluding hydrogens is 346 g/mol. The van der Waals surface area contributed by atoms with Crippen molar-refractivity contribution in [3.8, 4) is 0 Å². The number of anilines is 2. The van der Waals surface area contributed by atoms with Gasteiger partial charge in [-0.05, 0) is 25.5 Å². The fourth-order valence-electron chi connectivity index (χ4n) is 2.43. The molecule has 1 fully saturated rings. The quantitative estimate of drug-likeness (QED) is 0.770. The predicted octanol–water partition coefficient (Wildman–Crippen LogP) is 1.30. The van der Waals surface area contributed by atoms with E-state index in [1.54, 1.807) is 24.0 Å². The molecule has 0 saturated carbocycles. The van der Waals surface area contributed by atoms with Gasteiger partial charge in [-0.2, -0.15) is 0 Å². The highest BCUT2D eigenvalue weighted by Crippen LogP contribution is 2.15. The maximum absolute atomic E-state index is 11.9. The van der Waals surface area contributed by atoms with Crippen molar-refractivity contribution in [3.05, 3.63) is 12.1 Å². The van der Waals surface area contributed by atoms with Gasteiger partial charge in [0.15, 0.2) is 11.6 Å². The fourth-order valence-corrected chi connectivity index (χ4v) is 3.62. The number of ether oxygens (including phenoxy) is 1. The van der Waals surface area contributed by atoms with Gasteiger partial charge in [-0.15, -0.1) is 10.2 Å². The van der Waals surface area contributed by atoms with Crippen molar-refractivity contribution in [1.82, 2.24) is 15.1 Å². The van der Waals surface area contributed by atoms with Gasteiger partial charge < -0.3 is 14.5 Å². The van der Waals surface area contributed by atoms with Gasteiger partial charge in [-0.3, -0.25) is 4.72 Å². The Hall–Kier alpha value is -2.10. The van der Waals surface area contributed by atoms with E-state index < -0.39 is 10.0 Å². The normalized spacial score (nSPS) is 15.1. The molecule has 9 nitrogen and oxygen atoms in total. The molecule has 1 N–H and O–H groups in total. The van der Waals surface area contributed by atoms with Gasteiger partial charge in [0.05, 0.1) is 12.4 Å². The summed E-state index contributed by atoms with van der Waals surface area (Å²) < 4.78 is 31.1. The Bertz CT molecular complexity index is 657. The van der Waals surface area contributed by atoms with E-state index in [-0.39, 0.29) is 17.7 Å². The molecule has 0 aliphatic carbocycles. The van der Waals surface area contributed by atoms with Gasteiger partial charge in [0.2, 0.25) is 10.0 Å². The number of nitrogens with zero attached hydrogens (tertiary/aromatic N) is 4. The van der Waals surface area contributed by atoms with E-state index in [1.807, 2.05) is 11.8 Å². The first-order valence-corrected chi connectivity index (χ1v) is 10.1. The summed E-state index contributed by atoms with van der Waals surface area (Å²) in [5.41, 5.74) is 0. The lowest BCUT2D eigenvalue weighted by atomic mass is 10.3. The Morgan fingerprint density at radius 2 is 1.92 bits per heavy atom. The molecule has 1 aromatic heterocycles. The standard InChI is InChI=1S/C15H25N5O4S/c1-3-5-12-25(22,23)18-13-6-7-14(17-16-13)19-8-10-20(11-9-19)15(21)24-4-2/h6-7H,3-5,8-12H2,1-2H3,(H,16,18). The Balaban J connectivity index is 1.90. The molecule has 1 saturated heterocycles. The minimum Gasteiger partial charge on any atom is -0.450 e. The molecule has 2 heterocycles. The molecular formula is C15H25N5O4S. The zero-order valence-electron chi connectivity index (χ0n) is 14.6. The summed E-state index contributed by atoms with van der Waals surface area (Å²) in [6, 6.07) is 3.33. The predicted molar refractivity (Wildman–Crippen MR) is 95.2 cm³/mol. The smallest absolute Gasteiger partial charge is 0.409 e. The summed E-state index contributed by atoms with van der Waals surface area (Å²) >= 11 is 0. The summed E-state index contributed by atoms with van der Waals surface area (Å²) in [6.07, 6.45) is 1.11. The molecule has 2 rings (SSSR count). The van der Waals surface area contributed by atoms with Gasteiger partial charge in [0, 0.05) is 26.2 Å². The molecule has 140 valence electrons. The molecule has 0 spiro atoms. The molecule has 1 amide bonds. The van der Waals surface area contributed by atoms with Crippen LogP contribution in [0, 0.1) is 0 Å². The molecule has 1 aliphatic heterocycles. The fraction of sp³-hybridized carbons (Fsp3) is 0.667. The number of hydrogen-bond acceptors (Lipinski definition) is 7. The van der Waals surface area contributed by atoms with Gasteiger partial charge in [-0.25, -0.2) is 13.2 Å². The lowest BCUT2D eigenvalue weighted by Gasteiger charge is -2.34. The van der Waals surface area contributed by atoms with Gasteiger partial charge >= 0.3 is 6.09 Å². The van der Waals surface area contributed by atoms with Crippen molar-refractivity contribution in [2.45, 2.75) is 26.7 Å². The van der Waals surface area contributed by atoms with E-state index in [4.69, 9.17) is 4.74 Å². The van der Waals surface area contributed by atoms with Crippen molar-refractivity contribution in [3.63, 3.8) is 0 Å². The van der Waals surface area contributed by atoms with E-state index in [2.05, 4.69) is 14.9 Å². The number of rotatable bonds is 7. The Morgan fingerprint density at radius 1 is 1.20 bits per heavy atom. The molecule has 25 heavy (non-hydrogen) atoms. The van der Waals surface area contributed by atoms with Crippen LogP contribution in [0.1, 0.15) is 26.7 Å². The number of aromatic nitrogens is 2. The van der Waals surface area contributed by atoms with Gasteiger partial charge in [-0.1, -0.05) is 13.3 Å². The van der Waals surface area contributed by atoms with E-state index in [9.17, 15) is 13.2 Å². The molecule has 0 atom stereocenters. The zero-order chi connectivity index (χ0) is 18.3. The molecule has 1 aromatic rings. The third-order valence-corrected chi connectivity index (χ3v) is 5.15. The molecule has 10 heteroatoms. The first-order chi connectivity index (χ1) is 11.9. The zero-order valence-corrected chi connectivity index (χ0v) is 15.5. The average Bonchev–Trinajstić information content (AvgIpc) is 2.61. The van der Waals surface area contributed by atoms with Crippen LogP contribution in [0.3, 0.4) is 0 Å². The van der Waals surface area contributed by atoms with Crippen molar-refractivity contribution in [2.75, 3.05) is 48.2 Å². The van der Waals surface area contributed by atoms with Crippen molar-refractivity contribution in [1.29, 1.82) is 0 Å².